The summed E-state index contributed by atoms with van der Waals surface area (Å²) >= 11 is 0. The summed E-state index contributed by atoms with van der Waals surface area (Å²) in [6.45, 7) is -0.687. The summed E-state index contributed by atoms with van der Waals surface area (Å²) in [5.41, 5.74) is 0.676. The van der Waals surface area contributed by atoms with Crippen LogP contribution in [0.2, 0.25) is 0 Å². The van der Waals surface area contributed by atoms with Gasteiger partial charge in [0.15, 0.2) is 6.61 Å². The fourth-order valence-electron chi connectivity index (χ4n) is 2.09. The van der Waals surface area contributed by atoms with Crippen molar-refractivity contribution in [3.05, 3.63) is 65.5 Å². The van der Waals surface area contributed by atoms with E-state index in [0.29, 0.717) is 5.75 Å². The molecular weight excluding hydrogens is 355 g/mol. The molecule has 0 radical (unpaired) electrons. The third-order valence-electron chi connectivity index (χ3n) is 3.52. The molecule has 0 spiro atoms. The minimum atomic E-state index is -0.806. The highest BCUT2D eigenvalue weighted by atomic mass is 19.1. The number of methoxy groups -OCH3 is 1. The second kappa shape index (κ2) is 9.91. The summed E-state index contributed by atoms with van der Waals surface area (Å²) in [6.07, 6.45) is 0. The van der Waals surface area contributed by atoms with Gasteiger partial charge in [-0.15, -0.1) is 0 Å². The Balaban J connectivity index is 1.67. The number of carbonyl (C=O) groups excluding carboxylic acids is 3. The Hall–Kier alpha value is -3.42. The Morgan fingerprint density at radius 2 is 1.70 bits per heavy atom. The topological polar surface area (TPSA) is 93.7 Å². The molecule has 0 atom stereocenters. The Kier molecular flexibility index (Phi) is 7.30. The van der Waals surface area contributed by atoms with Crippen LogP contribution in [0.3, 0.4) is 0 Å². The zero-order chi connectivity index (χ0) is 19.6. The average Bonchev–Trinajstić information content (AvgIpc) is 2.69. The van der Waals surface area contributed by atoms with Crippen molar-refractivity contribution in [2.45, 2.75) is 6.54 Å². The molecule has 2 aromatic carbocycles. The smallest absolute Gasteiger partial charge is 0.325 e. The number of esters is 1. The van der Waals surface area contributed by atoms with Crippen LogP contribution in [0.15, 0.2) is 48.5 Å². The fourth-order valence-corrected chi connectivity index (χ4v) is 2.09. The molecule has 0 saturated heterocycles. The molecule has 2 amide bonds. The summed E-state index contributed by atoms with van der Waals surface area (Å²) in [5, 5.41) is 4.83. The van der Waals surface area contributed by atoms with Crippen molar-refractivity contribution in [3.63, 3.8) is 0 Å². The van der Waals surface area contributed by atoms with Gasteiger partial charge >= 0.3 is 5.97 Å². The van der Waals surface area contributed by atoms with Gasteiger partial charge < -0.3 is 20.1 Å². The maximum atomic E-state index is 13.4. The Morgan fingerprint density at radius 1 is 1.00 bits per heavy atom. The number of ether oxygens (including phenoxy) is 2. The van der Waals surface area contributed by atoms with Crippen molar-refractivity contribution >= 4 is 17.8 Å². The molecule has 8 heteroatoms. The first kappa shape index (κ1) is 19.9. The molecule has 0 aromatic heterocycles. The number of halogens is 1. The van der Waals surface area contributed by atoms with Crippen molar-refractivity contribution in [1.82, 2.24) is 10.6 Å². The molecule has 27 heavy (non-hydrogen) atoms. The van der Waals surface area contributed by atoms with E-state index in [4.69, 9.17) is 9.47 Å². The third-order valence-corrected chi connectivity index (χ3v) is 3.52. The molecule has 0 aliphatic carbocycles. The lowest BCUT2D eigenvalue weighted by molar-refractivity contribution is -0.147. The van der Waals surface area contributed by atoms with Gasteiger partial charge in [0.1, 0.15) is 18.1 Å². The standard InChI is InChI=1S/C19H19FN2O5/c1-26-14-8-6-13(7-9-14)10-21-17(23)12-27-18(24)11-22-19(25)15-4-2-3-5-16(15)20/h2-9H,10-12H2,1H3,(H,21,23)(H,22,25). The van der Waals surface area contributed by atoms with Crippen LogP contribution in [-0.2, 0) is 20.9 Å². The van der Waals surface area contributed by atoms with Gasteiger partial charge in [-0.2, -0.15) is 0 Å². The molecule has 0 unspecified atom stereocenters. The molecule has 0 fully saturated rings. The predicted octanol–water partition coefficient (Wildman–Crippen LogP) is 1.42. The number of hydrogen-bond donors (Lipinski definition) is 2. The van der Waals surface area contributed by atoms with Crippen LogP contribution >= 0.6 is 0 Å². The molecule has 7 nitrogen and oxygen atoms in total. The van der Waals surface area contributed by atoms with E-state index in [-0.39, 0.29) is 12.1 Å². The number of amides is 2. The number of hydrogen-bond acceptors (Lipinski definition) is 5. The fraction of sp³-hybridized carbons (Fsp3) is 0.211. The summed E-state index contributed by atoms with van der Waals surface area (Å²) in [4.78, 5) is 35.1. The number of benzene rings is 2. The van der Waals surface area contributed by atoms with Gasteiger partial charge in [-0.3, -0.25) is 14.4 Å². The summed E-state index contributed by atoms with van der Waals surface area (Å²) in [5.74, 6) is -2.02. The highest BCUT2D eigenvalue weighted by molar-refractivity contribution is 5.96. The summed E-state index contributed by atoms with van der Waals surface area (Å²) in [7, 11) is 1.56. The predicted molar refractivity (Wildman–Crippen MR) is 94.5 cm³/mol. The number of rotatable bonds is 8. The van der Waals surface area contributed by atoms with Crippen molar-refractivity contribution in [3.8, 4) is 5.75 Å². The SMILES string of the molecule is COc1ccc(CNC(=O)COC(=O)CNC(=O)c2ccccc2F)cc1. The Bertz CT molecular complexity index is 808. The van der Waals surface area contributed by atoms with E-state index in [0.717, 1.165) is 11.6 Å². The highest BCUT2D eigenvalue weighted by Crippen LogP contribution is 2.10. The second-order valence-corrected chi connectivity index (χ2v) is 5.45. The third kappa shape index (κ3) is 6.43. The van der Waals surface area contributed by atoms with Gasteiger partial charge in [0.25, 0.3) is 11.8 Å². The molecule has 0 heterocycles. The van der Waals surface area contributed by atoms with Crippen LogP contribution in [-0.4, -0.2) is 38.0 Å². The summed E-state index contributed by atoms with van der Waals surface area (Å²) in [6, 6.07) is 12.5. The van der Waals surface area contributed by atoms with Crippen LogP contribution in [0.5, 0.6) is 5.75 Å². The first-order valence-electron chi connectivity index (χ1n) is 8.07. The van der Waals surface area contributed by atoms with E-state index >= 15 is 0 Å². The van der Waals surface area contributed by atoms with Crippen LogP contribution in [0, 0.1) is 5.82 Å². The molecule has 2 rings (SSSR count). The minimum Gasteiger partial charge on any atom is -0.497 e. The zero-order valence-corrected chi connectivity index (χ0v) is 14.7. The molecule has 2 aromatic rings. The zero-order valence-electron chi connectivity index (χ0n) is 14.7. The Labute approximate surface area is 155 Å². The van der Waals surface area contributed by atoms with Gasteiger partial charge in [0.05, 0.1) is 12.7 Å². The first-order valence-corrected chi connectivity index (χ1v) is 8.07. The molecule has 0 bridgehead atoms. The lowest BCUT2D eigenvalue weighted by Crippen LogP contribution is -2.34. The van der Waals surface area contributed by atoms with Crippen molar-refractivity contribution < 1.29 is 28.2 Å². The van der Waals surface area contributed by atoms with Crippen molar-refractivity contribution in [1.29, 1.82) is 0 Å². The maximum Gasteiger partial charge on any atom is 0.325 e. The monoisotopic (exact) mass is 374 g/mol. The molecule has 0 aliphatic heterocycles. The molecule has 0 saturated carbocycles. The average molecular weight is 374 g/mol. The normalized spacial score (nSPS) is 10.0. The van der Waals surface area contributed by atoms with E-state index in [2.05, 4.69) is 10.6 Å². The van der Waals surface area contributed by atoms with Crippen molar-refractivity contribution in [2.75, 3.05) is 20.3 Å². The maximum absolute atomic E-state index is 13.4. The highest BCUT2D eigenvalue weighted by Gasteiger charge is 2.13. The second-order valence-electron chi connectivity index (χ2n) is 5.45. The first-order chi connectivity index (χ1) is 13.0. The van der Waals surface area contributed by atoms with Gasteiger partial charge in [-0.1, -0.05) is 24.3 Å². The van der Waals surface area contributed by atoms with Crippen LogP contribution in [0.1, 0.15) is 15.9 Å². The van der Waals surface area contributed by atoms with E-state index in [9.17, 15) is 18.8 Å². The van der Waals surface area contributed by atoms with E-state index in [1.807, 2.05) is 0 Å². The minimum absolute atomic E-state index is 0.178. The van der Waals surface area contributed by atoms with Gasteiger partial charge in [-0.05, 0) is 29.8 Å². The van der Waals surface area contributed by atoms with Gasteiger partial charge in [0, 0.05) is 6.54 Å². The quantitative estimate of drug-likeness (QED) is 0.682. The molecular formula is C19H19FN2O5. The van der Waals surface area contributed by atoms with Gasteiger partial charge in [-0.25, -0.2) is 4.39 Å². The van der Waals surface area contributed by atoms with Crippen LogP contribution in [0.4, 0.5) is 4.39 Å². The molecule has 142 valence electrons. The van der Waals surface area contributed by atoms with E-state index in [1.165, 1.54) is 18.2 Å². The van der Waals surface area contributed by atoms with Gasteiger partial charge in [0.2, 0.25) is 0 Å². The van der Waals surface area contributed by atoms with E-state index in [1.54, 1.807) is 31.4 Å². The van der Waals surface area contributed by atoms with Crippen LogP contribution in [0.25, 0.3) is 0 Å². The lowest BCUT2D eigenvalue weighted by Gasteiger charge is -2.08. The van der Waals surface area contributed by atoms with Crippen LogP contribution < -0.4 is 15.4 Å². The largest absolute Gasteiger partial charge is 0.497 e. The van der Waals surface area contributed by atoms with Crippen molar-refractivity contribution in [2.24, 2.45) is 0 Å². The number of nitrogens with one attached hydrogen (secondary N) is 2. The lowest BCUT2D eigenvalue weighted by atomic mass is 10.2. The summed E-state index contributed by atoms with van der Waals surface area (Å²) < 4.78 is 23.3. The molecule has 0 aliphatic rings. The number of carbonyl (C=O) groups is 3. The Morgan fingerprint density at radius 3 is 2.37 bits per heavy atom. The van der Waals surface area contributed by atoms with E-state index < -0.39 is 36.8 Å². The molecule has 2 N–H and O–H groups in total.